The number of amides is 1. The highest BCUT2D eigenvalue weighted by Gasteiger charge is 2.59. The van der Waals surface area contributed by atoms with Gasteiger partial charge < -0.3 is 4.90 Å². The smallest absolute Gasteiger partial charge is 0.244 e. The highest BCUT2D eigenvalue weighted by atomic mass is 16.2. The summed E-state index contributed by atoms with van der Waals surface area (Å²) in [6.07, 6.45) is 4.45. The fourth-order valence-corrected chi connectivity index (χ4v) is 2.65. The Balaban J connectivity index is 2.13. The van der Waals surface area contributed by atoms with Crippen LogP contribution < -0.4 is 5.32 Å². The Hall–Kier alpha value is -0.570. The summed E-state index contributed by atoms with van der Waals surface area (Å²) in [5, 5.41) is 3.56. The minimum Gasteiger partial charge on any atom is -0.323 e. The van der Waals surface area contributed by atoms with Crippen LogP contribution in [-0.2, 0) is 4.79 Å². The van der Waals surface area contributed by atoms with E-state index in [0.29, 0.717) is 17.9 Å². The van der Waals surface area contributed by atoms with Gasteiger partial charge in [0.25, 0.3) is 0 Å². The number of carbonyl (C=O) groups is 1. The molecule has 1 heterocycles. The minimum absolute atomic E-state index is 0.150. The Kier molecular flexibility index (Phi) is 2.99. The van der Waals surface area contributed by atoms with Crippen molar-refractivity contribution in [3.05, 3.63) is 0 Å². The molecule has 2 unspecified atom stereocenters. The van der Waals surface area contributed by atoms with Crippen LogP contribution in [0.3, 0.4) is 0 Å². The van der Waals surface area contributed by atoms with Gasteiger partial charge in [-0.3, -0.25) is 10.1 Å². The molecule has 1 aliphatic carbocycles. The molecule has 3 heteroatoms. The fourth-order valence-electron chi connectivity index (χ4n) is 2.65. The molecule has 92 valence electrons. The molecular formula is C13H24N2O. The van der Waals surface area contributed by atoms with Gasteiger partial charge in [-0.05, 0) is 38.5 Å². The molecule has 1 aliphatic heterocycles. The summed E-state index contributed by atoms with van der Waals surface area (Å²) in [5.74, 6) is 0.984. The summed E-state index contributed by atoms with van der Waals surface area (Å²) in [7, 11) is 0. The molecule has 0 aromatic carbocycles. The van der Waals surface area contributed by atoms with Gasteiger partial charge in [0.15, 0.2) is 0 Å². The SMILES string of the molecule is CCC(C)N1C(=O)C2(CC2)NC1CC(C)C. The Labute approximate surface area is 98.6 Å². The topological polar surface area (TPSA) is 32.3 Å². The number of nitrogens with one attached hydrogen (secondary N) is 1. The Morgan fingerprint density at radius 3 is 2.50 bits per heavy atom. The molecule has 0 bridgehead atoms. The molecule has 2 aliphatic rings. The molecular weight excluding hydrogens is 200 g/mol. The zero-order chi connectivity index (χ0) is 11.9. The largest absolute Gasteiger partial charge is 0.323 e. The Morgan fingerprint density at radius 2 is 2.06 bits per heavy atom. The van der Waals surface area contributed by atoms with Crippen molar-refractivity contribution in [3.8, 4) is 0 Å². The lowest BCUT2D eigenvalue weighted by Gasteiger charge is -2.30. The fraction of sp³-hybridized carbons (Fsp3) is 0.923. The standard InChI is InChI=1S/C13H24N2O/c1-5-10(4)15-11(8-9(2)3)14-13(6-7-13)12(15)16/h9-11,14H,5-8H2,1-4H3. The van der Waals surface area contributed by atoms with Gasteiger partial charge in [0.05, 0.1) is 11.7 Å². The minimum atomic E-state index is -0.150. The average molecular weight is 224 g/mol. The molecule has 1 saturated heterocycles. The number of rotatable bonds is 4. The molecule has 16 heavy (non-hydrogen) atoms. The van der Waals surface area contributed by atoms with Crippen LogP contribution in [0.2, 0.25) is 0 Å². The second-order valence-corrected chi connectivity index (χ2v) is 5.84. The van der Waals surface area contributed by atoms with Crippen molar-refractivity contribution in [2.45, 2.75) is 71.1 Å². The maximum Gasteiger partial charge on any atom is 0.244 e. The van der Waals surface area contributed by atoms with Gasteiger partial charge in [-0.25, -0.2) is 0 Å². The van der Waals surface area contributed by atoms with E-state index in [4.69, 9.17) is 0 Å². The molecule has 0 radical (unpaired) electrons. The van der Waals surface area contributed by atoms with Crippen molar-refractivity contribution >= 4 is 5.91 Å². The van der Waals surface area contributed by atoms with E-state index in [1.165, 1.54) is 0 Å². The monoisotopic (exact) mass is 224 g/mol. The lowest BCUT2D eigenvalue weighted by atomic mass is 10.1. The second-order valence-electron chi connectivity index (χ2n) is 5.84. The maximum absolute atomic E-state index is 12.3. The van der Waals surface area contributed by atoms with Crippen molar-refractivity contribution in [1.82, 2.24) is 10.2 Å². The zero-order valence-electron chi connectivity index (χ0n) is 10.9. The van der Waals surface area contributed by atoms with E-state index in [0.717, 1.165) is 25.7 Å². The summed E-state index contributed by atoms with van der Waals surface area (Å²) in [6, 6.07) is 0.365. The molecule has 2 fully saturated rings. The Bertz CT molecular complexity index is 284. The van der Waals surface area contributed by atoms with Crippen LogP contribution in [0.5, 0.6) is 0 Å². The highest BCUT2D eigenvalue weighted by Crippen LogP contribution is 2.43. The number of hydrogen-bond acceptors (Lipinski definition) is 2. The summed E-state index contributed by atoms with van der Waals surface area (Å²) in [5.41, 5.74) is -0.150. The van der Waals surface area contributed by atoms with Crippen LogP contribution in [0.25, 0.3) is 0 Å². The quantitative estimate of drug-likeness (QED) is 0.793. The van der Waals surface area contributed by atoms with Gasteiger partial charge >= 0.3 is 0 Å². The van der Waals surface area contributed by atoms with Gasteiger partial charge in [0.2, 0.25) is 5.91 Å². The predicted molar refractivity (Wildman–Crippen MR) is 64.9 cm³/mol. The third-order valence-electron chi connectivity index (χ3n) is 3.93. The molecule has 1 saturated carbocycles. The van der Waals surface area contributed by atoms with Crippen molar-refractivity contribution in [2.75, 3.05) is 0 Å². The number of carbonyl (C=O) groups excluding carboxylic acids is 1. The van der Waals surface area contributed by atoms with E-state index >= 15 is 0 Å². The second kappa shape index (κ2) is 4.02. The van der Waals surface area contributed by atoms with Crippen LogP contribution in [0.4, 0.5) is 0 Å². The predicted octanol–water partition coefficient (Wildman–Crippen LogP) is 2.12. The van der Waals surface area contributed by atoms with Crippen LogP contribution in [0.15, 0.2) is 0 Å². The first kappa shape index (κ1) is 11.9. The maximum atomic E-state index is 12.3. The molecule has 1 N–H and O–H groups in total. The third-order valence-corrected chi connectivity index (χ3v) is 3.93. The molecule has 2 atom stereocenters. The van der Waals surface area contributed by atoms with Gasteiger partial charge in [0, 0.05) is 6.04 Å². The lowest BCUT2D eigenvalue weighted by molar-refractivity contribution is -0.132. The first-order valence-corrected chi connectivity index (χ1v) is 6.60. The molecule has 0 aromatic rings. The molecule has 1 amide bonds. The number of nitrogens with zero attached hydrogens (tertiary/aromatic N) is 1. The van der Waals surface area contributed by atoms with E-state index in [1.54, 1.807) is 0 Å². The van der Waals surface area contributed by atoms with Gasteiger partial charge in [-0.2, -0.15) is 0 Å². The van der Waals surface area contributed by atoms with Gasteiger partial charge in [-0.15, -0.1) is 0 Å². The molecule has 1 spiro atoms. The summed E-state index contributed by atoms with van der Waals surface area (Å²) in [4.78, 5) is 14.4. The first-order chi connectivity index (χ1) is 7.50. The average Bonchev–Trinajstić information content (AvgIpc) is 2.92. The van der Waals surface area contributed by atoms with E-state index in [9.17, 15) is 4.79 Å². The van der Waals surface area contributed by atoms with Gasteiger partial charge in [-0.1, -0.05) is 20.8 Å². The summed E-state index contributed by atoms with van der Waals surface area (Å²) >= 11 is 0. The molecule has 3 nitrogen and oxygen atoms in total. The normalized spacial score (nSPS) is 29.2. The summed E-state index contributed by atoms with van der Waals surface area (Å²) in [6.45, 7) is 8.76. The Morgan fingerprint density at radius 1 is 1.44 bits per heavy atom. The van der Waals surface area contributed by atoms with Crippen molar-refractivity contribution in [1.29, 1.82) is 0 Å². The van der Waals surface area contributed by atoms with Crippen molar-refractivity contribution in [2.24, 2.45) is 5.92 Å². The van der Waals surface area contributed by atoms with E-state index in [1.807, 2.05) is 0 Å². The van der Waals surface area contributed by atoms with Crippen LogP contribution >= 0.6 is 0 Å². The third kappa shape index (κ3) is 1.86. The summed E-state index contributed by atoms with van der Waals surface area (Å²) < 4.78 is 0. The van der Waals surface area contributed by atoms with Crippen molar-refractivity contribution in [3.63, 3.8) is 0 Å². The molecule has 0 aromatic heterocycles. The highest BCUT2D eigenvalue weighted by molar-refractivity contribution is 5.92. The number of hydrogen-bond donors (Lipinski definition) is 1. The van der Waals surface area contributed by atoms with E-state index in [2.05, 4.69) is 37.9 Å². The van der Waals surface area contributed by atoms with Crippen LogP contribution in [0.1, 0.15) is 53.4 Å². The molecule has 2 rings (SSSR count). The zero-order valence-corrected chi connectivity index (χ0v) is 10.9. The lowest BCUT2D eigenvalue weighted by Crippen LogP contribution is -2.43. The van der Waals surface area contributed by atoms with Crippen LogP contribution in [-0.4, -0.2) is 28.6 Å². The van der Waals surface area contributed by atoms with E-state index in [-0.39, 0.29) is 11.7 Å². The van der Waals surface area contributed by atoms with Crippen LogP contribution in [0, 0.1) is 5.92 Å². The van der Waals surface area contributed by atoms with Gasteiger partial charge in [0.1, 0.15) is 0 Å². The van der Waals surface area contributed by atoms with Crippen molar-refractivity contribution < 1.29 is 4.79 Å². The van der Waals surface area contributed by atoms with E-state index < -0.39 is 0 Å². The first-order valence-electron chi connectivity index (χ1n) is 6.60.